The average Bonchev–Trinajstić information content (AvgIpc) is 1.99. The van der Waals surface area contributed by atoms with Crippen LogP contribution in [-0.2, 0) is 14.3 Å². The maximum absolute atomic E-state index is 11.1. The Balaban J connectivity index is 4.24. The fraction of sp³-hybridized carbons (Fsp3) is 0.750. The van der Waals surface area contributed by atoms with Crippen LogP contribution in [0, 0.1) is 5.92 Å². The van der Waals surface area contributed by atoms with Crippen molar-refractivity contribution in [3.8, 4) is 0 Å². The van der Waals surface area contributed by atoms with Gasteiger partial charge >= 0.3 is 11.9 Å². The summed E-state index contributed by atoms with van der Waals surface area (Å²) in [6, 6.07) is 0. The second-order valence-corrected chi connectivity index (χ2v) is 2.70. The summed E-state index contributed by atoms with van der Waals surface area (Å²) >= 11 is 0. The number of hydrogen-bond acceptors (Lipinski definition) is 4. The van der Waals surface area contributed by atoms with E-state index in [1.165, 1.54) is 6.92 Å². The summed E-state index contributed by atoms with van der Waals surface area (Å²) in [6.07, 6.45) is -1.41. The lowest BCUT2D eigenvalue weighted by molar-refractivity contribution is -0.156. The molecular weight excluding hydrogens is 176 g/mol. The second kappa shape index (κ2) is 5.53. The van der Waals surface area contributed by atoms with Gasteiger partial charge in [0.15, 0.2) is 0 Å². The first-order valence-electron chi connectivity index (χ1n) is 4.05. The Kier molecular flexibility index (Phi) is 5.06. The second-order valence-electron chi connectivity index (χ2n) is 2.70. The monoisotopic (exact) mass is 190 g/mol. The van der Waals surface area contributed by atoms with Crippen molar-refractivity contribution in [2.24, 2.45) is 5.92 Å². The normalized spacial score (nSPS) is 14.7. The van der Waals surface area contributed by atoms with Crippen molar-refractivity contribution in [3.63, 3.8) is 0 Å². The lowest BCUT2D eigenvalue weighted by Gasteiger charge is -2.15. The Morgan fingerprint density at radius 1 is 1.46 bits per heavy atom. The molecule has 0 unspecified atom stereocenters. The van der Waals surface area contributed by atoms with Crippen molar-refractivity contribution in [1.29, 1.82) is 0 Å². The van der Waals surface area contributed by atoms with Crippen LogP contribution in [0.2, 0.25) is 0 Å². The number of aliphatic carboxylic acids is 1. The van der Waals surface area contributed by atoms with E-state index in [2.05, 4.69) is 4.74 Å². The first-order valence-corrected chi connectivity index (χ1v) is 4.05. The molecule has 5 heteroatoms. The SMILES string of the molecule is CCOC(=O)[C@@H](CC(=O)O)[C@@H](C)O. The summed E-state index contributed by atoms with van der Waals surface area (Å²) in [6.45, 7) is 3.17. The number of carbonyl (C=O) groups is 2. The Labute approximate surface area is 76.3 Å². The molecule has 0 heterocycles. The van der Waals surface area contributed by atoms with Crippen LogP contribution in [0.5, 0.6) is 0 Å². The minimum absolute atomic E-state index is 0.182. The lowest BCUT2D eigenvalue weighted by atomic mass is 10.0. The minimum atomic E-state index is -1.13. The van der Waals surface area contributed by atoms with E-state index in [1.54, 1.807) is 6.92 Å². The van der Waals surface area contributed by atoms with Gasteiger partial charge in [-0.1, -0.05) is 0 Å². The largest absolute Gasteiger partial charge is 0.481 e. The van der Waals surface area contributed by atoms with Crippen LogP contribution >= 0.6 is 0 Å². The molecule has 0 bridgehead atoms. The molecule has 0 aliphatic carbocycles. The van der Waals surface area contributed by atoms with Gasteiger partial charge in [-0.25, -0.2) is 0 Å². The Hall–Kier alpha value is -1.10. The minimum Gasteiger partial charge on any atom is -0.481 e. The number of ether oxygens (including phenoxy) is 1. The van der Waals surface area contributed by atoms with Gasteiger partial charge in [-0.2, -0.15) is 0 Å². The van der Waals surface area contributed by atoms with Gasteiger partial charge in [0, 0.05) is 0 Å². The molecule has 0 aliphatic heterocycles. The third-order valence-electron chi connectivity index (χ3n) is 1.57. The number of aliphatic hydroxyl groups excluding tert-OH is 1. The van der Waals surface area contributed by atoms with Crippen molar-refractivity contribution < 1.29 is 24.5 Å². The number of carbonyl (C=O) groups excluding carboxylic acids is 1. The average molecular weight is 190 g/mol. The first-order chi connectivity index (χ1) is 5.99. The molecule has 5 nitrogen and oxygen atoms in total. The topological polar surface area (TPSA) is 83.8 Å². The fourth-order valence-corrected chi connectivity index (χ4v) is 0.888. The Morgan fingerprint density at radius 3 is 2.31 bits per heavy atom. The number of carboxylic acid groups (broad SMARTS) is 1. The zero-order chi connectivity index (χ0) is 10.4. The molecule has 0 rings (SSSR count). The van der Waals surface area contributed by atoms with Crippen LogP contribution < -0.4 is 0 Å². The molecule has 0 aromatic heterocycles. The van der Waals surface area contributed by atoms with E-state index >= 15 is 0 Å². The lowest BCUT2D eigenvalue weighted by Crippen LogP contribution is -2.30. The highest BCUT2D eigenvalue weighted by Gasteiger charge is 2.27. The molecule has 0 aromatic rings. The van der Waals surface area contributed by atoms with Crippen LogP contribution in [0.25, 0.3) is 0 Å². The smallest absolute Gasteiger partial charge is 0.312 e. The molecule has 0 aromatic carbocycles. The molecule has 0 amide bonds. The molecule has 0 radical (unpaired) electrons. The molecule has 0 fully saturated rings. The van der Waals surface area contributed by atoms with Crippen LogP contribution in [0.15, 0.2) is 0 Å². The maximum Gasteiger partial charge on any atom is 0.312 e. The summed E-state index contributed by atoms with van der Waals surface area (Å²) < 4.78 is 4.60. The van der Waals surface area contributed by atoms with Gasteiger partial charge in [0.2, 0.25) is 0 Å². The highest BCUT2D eigenvalue weighted by atomic mass is 16.5. The zero-order valence-corrected chi connectivity index (χ0v) is 7.69. The van der Waals surface area contributed by atoms with Crippen LogP contribution in [0.3, 0.4) is 0 Å². The van der Waals surface area contributed by atoms with Crippen molar-refractivity contribution in [2.45, 2.75) is 26.4 Å². The van der Waals surface area contributed by atoms with E-state index in [-0.39, 0.29) is 6.61 Å². The summed E-state index contributed by atoms with van der Waals surface area (Å²) in [5.41, 5.74) is 0. The molecule has 13 heavy (non-hydrogen) atoms. The van der Waals surface area contributed by atoms with Gasteiger partial charge in [-0.15, -0.1) is 0 Å². The molecule has 0 spiro atoms. The molecule has 0 saturated carbocycles. The fourth-order valence-electron chi connectivity index (χ4n) is 0.888. The number of rotatable bonds is 5. The van der Waals surface area contributed by atoms with Crippen molar-refractivity contribution in [2.75, 3.05) is 6.61 Å². The predicted octanol–water partition coefficient (Wildman–Crippen LogP) is 0.0212. The van der Waals surface area contributed by atoms with Crippen molar-refractivity contribution >= 4 is 11.9 Å². The number of carboxylic acids is 1. The van der Waals surface area contributed by atoms with Gasteiger partial charge in [-0.05, 0) is 13.8 Å². The van der Waals surface area contributed by atoms with Crippen LogP contribution in [0.4, 0.5) is 0 Å². The van der Waals surface area contributed by atoms with E-state index in [0.717, 1.165) is 0 Å². The summed E-state index contributed by atoms with van der Waals surface area (Å²) in [7, 11) is 0. The molecule has 76 valence electrons. The summed E-state index contributed by atoms with van der Waals surface area (Å²) in [5, 5.41) is 17.5. The molecule has 2 atom stereocenters. The number of esters is 1. The number of aliphatic hydroxyl groups is 1. The third kappa shape index (κ3) is 4.47. The van der Waals surface area contributed by atoms with Gasteiger partial charge in [-0.3, -0.25) is 9.59 Å². The standard InChI is InChI=1S/C8H14O5/c1-3-13-8(12)6(5(2)9)4-7(10)11/h5-6,9H,3-4H2,1-2H3,(H,10,11)/t5-,6+/m1/s1. The number of hydrogen-bond donors (Lipinski definition) is 2. The van der Waals surface area contributed by atoms with E-state index in [1.807, 2.05) is 0 Å². The Bertz CT molecular complexity index is 187. The van der Waals surface area contributed by atoms with Crippen molar-refractivity contribution in [1.82, 2.24) is 0 Å². The maximum atomic E-state index is 11.1. The van der Waals surface area contributed by atoms with E-state index in [0.29, 0.717) is 0 Å². The van der Waals surface area contributed by atoms with Crippen molar-refractivity contribution in [3.05, 3.63) is 0 Å². The molecule has 0 saturated heterocycles. The Morgan fingerprint density at radius 2 is 2.00 bits per heavy atom. The van der Waals surface area contributed by atoms with Gasteiger partial charge in [0.25, 0.3) is 0 Å². The van der Waals surface area contributed by atoms with E-state index in [9.17, 15) is 9.59 Å². The molecule has 0 aliphatic rings. The van der Waals surface area contributed by atoms with Crippen LogP contribution in [-0.4, -0.2) is 34.9 Å². The van der Waals surface area contributed by atoms with Gasteiger partial charge in [0.05, 0.1) is 25.0 Å². The highest BCUT2D eigenvalue weighted by molar-refractivity contribution is 5.79. The summed E-state index contributed by atoms with van der Waals surface area (Å²) in [5.74, 6) is -2.77. The third-order valence-corrected chi connectivity index (χ3v) is 1.57. The highest BCUT2D eigenvalue weighted by Crippen LogP contribution is 2.11. The van der Waals surface area contributed by atoms with E-state index in [4.69, 9.17) is 10.2 Å². The van der Waals surface area contributed by atoms with Gasteiger partial charge < -0.3 is 14.9 Å². The summed E-state index contributed by atoms with van der Waals surface area (Å²) in [4.78, 5) is 21.4. The molecule has 2 N–H and O–H groups in total. The van der Waals surface area contributed by atoms with Crippen LogP contribution in [0.1, 0.15) is 20.3 Å². The predicted molar refractivity (Wildman–Crippen MR) is 44.1 cm³/mol. The first kappa shape index (κ1) is 11.9. The molecular formula is C8H14O5. The van der Waals surface area contributed by atoms with Gasteiger partial charge in [0.1, 0.15) is 0 Å². The van der Waals surface area contributed by atoms with E-state index < -0.39 is 30.4 Å². The quantitative estimate of drug-likeness (QED) is 0.597. The zero-order valence-electron chi connectivity index (χ0n) is 7.69.